The van der Waals surface area contributed by atoms with Gasteiger partial charge in [-0.15, -0.1) is 11.3 Å². The van der Waals surface area contributed by atoms with Crippen molar-refractivity contribution in [1.82, 2.24) is 21.2 Å². The number of hydrogen-bond donors (Lipinski definition) is 3. The maximum Gasteiger partial charge on any atom is 0.289 e. The maximum atomic E-state index is 12.1. The molecule has 0 aromatic carbocycles. The zero-order valence-corrected chi connectivity index (χ0v) is 17.0. The number of thiazole rings is 1. The fraction of sp³-hybridized carbons (Fsp3) is 0.471. The molecule has 25 heavy (non-hydrogen) atoms. The van der Waals surface area contributed by atoms with Crippen LogP contribution < -0.4 is 16.2 Å². The molecule has 2 heterocycles. The van der Waals surface area contributed by atoms with Gasteiger partial charge < -0.3 is 5.32 Å². The first-order valence-corrected chi connectivity index (χ1v) is 10.7. The van der Waals surface area contributed by atoms with E-state index in [1.54, 1.807) is 16.7 Å². The Hall–Kier alpha value is -1.51. The van der Waals surface area contributed by atoms with Crippen LogP contribution in [-0.4, -0.2) is 22.5 Å². The van der Waals surface area contributed by atoms with E-state index in [0.717, 1.165) is 17.1 Å². The number of carbonyl (C=O) groups is 1. The molecule has 0 spiro atoms. The predicted octanol–water partition coefficient (Wildman–Crippen LogP) is 4.20. The monoisotopic (exact) mass is 396 g/mol. The summed E-state index contributed by atoms with van der Waals surface area (Å²) < 4.78 is 0. The first-order valence-electron chi connectivity index (χ1n) is 8.42. The number of thiocarbonyl (C=S) groups is 1. The van der Waals surface area contributed by atoms with Gasteiger partial charge in [0.1, 0.15) is 10.7 Å². The number of carbonyl (C=O) groups excluding carboxylic acids is 1. The summed E-state index contributed by atoms with van der Waals surface area (Å²) in [5.74, 6) is 0.256. The fourth-order valence-electron chi connectivity index (χ4n) is 2.23. The molecule has 0 saturated carbocycles. The molecule has 2 aromatic rings. The van der Waals surface area contributed by atoms with E-state index in [1.807, 2.05) is 16.8 Å². The van der Waals surface area contributed by atoms with E-state index in [1.165, 1.54) is 37.0 Å². The molecular weight excluding hydrogens is 372 g/mol. The van der Waals surface area contributed by atoms with E-state index in [4.69, 9.17) is 12.2 Å². The maximum absolute atomic E-state index is 12.1. The van der Waals surface area contributed by atoms with Crippen molar-refractivity contribution in [2.45, 2.75) is 39.5 Å². The van der Waals surface area contributed by atoms with Crippen LogP contribution in [0.25, 0.3) is 10.6 Å². The number of hydrogen-bond acceptors (Lipinski definition) is 5. The Balaban J connectivity index is 1.70. The van der Waals surface area contributed by atoms with Crippen LogP contribution in [0.15, 0.2) is 22.2 Å². The average molecular weight is 397 g/mol. The van der Waals surface area contributed by atoms with E-state index in [-0.39, 0.29) is 5.91 Å². The van der Waals surface area contributed by atoms with Gasteiger partial charge in [-0.25, -0.2) is 4.98 Å². The summed E-state index contributed by atoms with van der Waals surface area (Å²) in [4.78, 5) is 16.5. The Labute approximate surface area is 162 Å². The van der Waals surface area contributed by atoms with Gasteiger partial charge in [0.2, 0.25) is 0 Å². The highest BCUT2D eigenvalue weighted by Gasteiger charge is 2.12. The molecule has 8 heteroatoms. The zero-order valence-electron chi connectivity index (χ0n) is 14.5. The van der Waals surface area contributed by atoms with Gasteiger partial charge in [0.05, 0.1) is 0 Å². The minimum absolute atomic E-state index is 0.294. The summed E-state index contributed by atoms with van der Waals surface area (Å²) >= 11 is 8.25. The molecule has 0 aliphatic carbocycles. The molecule has 0 aliphatic heterocycles. The van der Waals surface area contributed by atoms with Crippen LogP contribution in [0.3, 0.4) is 0 Å². The van der Waals surface area contributed by atoms with Gasteiger partial charge in [0, 0.05) is 22.9 Å². The van der Waals surface area contributed by atoms with Crippen LogP contribution >= 0.6 is 34.9 Å². The third-order valence-corrected chi connectivity index (χ3v) is 5.53. The quantitative estimate of drug-likeness (QED) is 0.355. The van der Waals surface area contributed by atoms with Crippen LogP contribution in [0.5, 0.6) is 0 Å². The topological polar surface area (TPSA) is 66.0 Å². The highest BCUT2D eigenvalue weighted by Crippen LogP contribution is 2.25. The minimum atomic E-state index is -0.294. The van der Waals surface area contributed by atoms with Crippen molar-refractivity contribution in [1.29, 1.82) is 0 Å². The van der Waals surface area contributed by atoms with E-state index >= 15 is 0 Å². The number of rotatable bonds is 8. The second kappa shape index (κ2) is 10.5. The summed E-state index contributed by atoms with van der Waals surface area (Å²) in [5.41, 5.74) is 6.74. The Morgan fingerprint density at radius 1 is 1.32 bits per heavy atom. The lowest BCUT2D eigenvalue weighted by Gasteiger charge is -2.15. The van der Waals surface area contributed by atoms with Crippen LogP contribution in [0.4, 0.5) is 0 Å². The molecular formula is C17H24N4OS3. The molecule has 0 radical (unpaired) electrons. The predicted molar refractivity (Wildman–Crippen MR) is 110 cm³/mol. The highest BCUT2D eigenvalue weighted by atomic mass is 32.1. The number of amides is 1. The Morgan fingerprint density at radius 3 is 2.88 bits per heavy atom. The molecule has 0 unspecified atom stereocenters. The zero-order chi connectivity index (χ0) is 18.1. The summed E-state index contributed by atoms with van der Waals surface area (Å²) in [5, 5.41) is 10.1. The lowest BCUT2D eigenvalue weighted by Crippen LogP contribution is -2.47. The van der Waals surface area contributed by atoms with Gasteiger partial charge in [0.15, 0.2) is 5.11 Å². The second-order valence-corrected chi connectivity index (χ2v) is 7.99. The van der Waals surface area contributed by atoms with E-state index < -0.39 is 0 Å². The smallest absolute Gasteiger partial charge is 0.289 e. The fourth-order valence-corrected chi connectivity index (χ4v) is 3.88. The van der Waals surface area contributed by atoms with Gasteiger partial charge in [-0.3, -0.25) is 15.6 Å². The molecule has 0 fully saturated rings. The van der Waals surface area contributed by atoms with Gasteiger partial charge in [-0.05, 0) is 36.0 Å². The van der Waals surface area contributed by atoms with Crippen molar-refractivity contribution < 1.29 is 4.79 Å². The standard InChI is InChI=1S/C17H24N4OS3/c1-3-4-5-6-12(2)9-18-17(23)21-20-15(22)14-11-25-16(19-14)13-7-8-24-10-13/h7-8,10-12H,3-6,9H2,1-2H3,(H,20,22)(H2,18,21,23)/t12-/m0/s1. The molecule has 1 atom stereocenters. The average Bonchev–Trinajstić information content (AvgIpc) is 3.28. The third-order valence-electron chi connectivity index (χ3n) is 3.71. The van der Waals surface area contributed by atoms with Crippen molar-refractivity contribution in [3.05, 3.63) is 27.9 Å². The molecule has 0 saturated heterocycles. The van der Waals surface area contributed by atoms with Crippen molar-refractivity contribution in [3.8, 4) is 10.6 Å². The molecule has 3 N–H and O–H groups in total. The summed E-state index contributed by atoms with van der Waals surface area (Å²) in [7, 11) is 0. The van der Waals surface area contributed by atoms with Crippen LogP contribution in [0.2, 0.25) is 0 Å². The van der Waals surface area contributed by atoms with Crippen LogP contribution in [0.1, 0.15) is 50.0 Å². The van der Waals surface area contributed by atoms with Crippen LogP contribution in [-0.2, 0) is 0 Å². The third kappa shape index (κ3) is 6.72. The first kappa shape index (κ1) is 19.8. The van der Waals surface area contributed by atoms with E-state index in [0.29, 0.717) is 16.7 Å². The summed E-state index contributed by atoms with van der Waals surface area (Å²) in [6.45, 7) is 5.20. The van der Waals surface area contributed by atoms with Gasteiger partial charge >= 0.3 is 0 Å². The normalized spacial score (nSPS) is 11.8. The number of unbranched alkanes of at least 4 members (excludes halogenated alkanes) is 2. The lowest BCUT2D eigenvalue weighted by atomic mass is 10.0. The SMILES string of the molecule is CCCCC[C@H](C)CNC(=S)NNC(=O)c1csc(-c2ccsc2)n1. The minimum Gasteiger partial charge on any atom is -0.361 e. The number of aromatic nitrogens is 1. The molecule has 1 amide bonds. The summed E-state index contributed by atoms with van der Waals surface area (Å²) in [6, 6.07) is 1.99. The van der Waals surface area contributed by atoms with Gasteiger partial charge in [0.25, 0.3) is 5.91 Å². The highest BCUT2D eigenvalue weighted by molar-refractivity contribution is 7.80. The van der Waals surface area contributed by atoms with Gasteiger partial charge in [-0.2, -0.15) is 11.3 Å². The number of hydrazine groups is 1. The second-order valence-electron chi connectivity index (χ2n) is 5.94. The molecule has 136 valence electrons. The van der Waals surface area contributed by atoms with Crippen molar-refractivity contribution in [3.63, 3.8) is 0 Å². The molecule has 2 aromatic heterocycles. The first-order chi connectivity index (χ1) is 12.1. The van der Waals surface area contributed by atoms with Crippen molar-refractivity contribution in [2.24, 2.45) is 5.92 Å². The molecule has 0 bridgehead atoms. The van der Waals surface area contributed by atoms with E-state index in [9.17, 15) is 4.79 Å². The van der Waals surface area contributed by atoms with Crippen molar-refractivity contribution in [2.75, 3.05) is 6.54 Å². The largest absolute Gasteiger partial charge is 0.361 e. The Bertz CT molecular complexity index is 669. The van der Waals surface area contributed by atoms with E-state index in [2.05, 4.69) is 35.0 Å². The molecule has 0 aliphatic rings. The number of thiophene rings is 1. The van der Waals surface area contributed by atoms with Crippen molar-refractivity contribution >= 4 is 45.9 Å². The number of nitrogens with zero attached hydrogens (tertiary/aromatic N) is 1. The molecule has 5 nitrogen and oxygen atoms in total. The Kier molecular flexibility index (Phi) is 8.30. The molecule has 2 rings (SSSR count). The summed E-state index contributed by atoms with van der Waals surface area (Å²) in [6.07, 6.45) is 4.92. The van der Waals surface area contributed by atoms with Crippen LogP contribution in [0, 0.1) is 5.92 Å². The van der Waals surface area contributed by atoms with Gasteiger partial charge in [-0.1, -0.05) is 33.1 Å². The lowest BCUT2D eigenvalue weighted by molar-refractivity contribution is 0.0939. The Morgan fingerprint density at radius 2 is 2.16 bits per heavy atom. The number of nitrogens with one attached hydrogen (secondary N) is 3.